The molecule has 0 radical (unpaired) electrons. The number of methoxy groups -OCH3 is 1. The Bertz CT molecular complexity index is 1160. The van der Waals surface area contributed by atoms with Gasteiger partial charge in [0.1, 0.15) is 11.5 Å². The number of hydrogen-bond donors (Lipinski definition) is 2. The van der Waals surface area contributed by atoms with Gasteiger partial charge in [-0.15, -0.1) is 10.2 Å². The second-order valence-electron chi connectivity index (χ2n) is 7.80. The number of urea groups is 1. The summed E-state index contributed by atoms with van der Waals surface area (Å²) in [6, 6.07) is 14.8. The van der Waals surface area contributed by atoms with Crippen LogP contribution in [0.4, 0.5) is 4.79 Å². The highest BCUT2D eigenvalue weighted by Gasteiger charge is 2.26. The van der Waals surface area contributed by atoms with Crippen LogP contribution in [0.2, 0.25) is 0 Å². The summed E-state index contributed by atoms with van der Waals surface area (Å²) < 4.78 is 12.8. The minimum atomic E-state index is -0.575. The van der Waals surface area contributed by atoms with Crippen LogP contribution in [0.25, 0.3) is 17.1 Å². The molecule has 0 aliphatic heterocycles. The highest BCUT2D eigenvalue weighted by molar-refractivity contribution is 8.00. The van der Waals surface area contributed by atoms with E-state index in [9.17, 15) is 9.59 Å². The third-order valence-electron chi connectivity index (χ3n) is 5.17. The smallest absolute Gasteiger partial charge is 0.321 e. The minimum absolute atomic E-state index is 0.170. The van der Waals surface area contributed by atoms with Gasteiger partial charge in [0.25, 0.3) is 0 Å². The van der Waals surface area contributed by atoms with Crippen LogP contribution < -0.4 is 20.1 Å². The van der Waals surface area contributed by atoms with Crippen LogP contribution in [-0.4, -0.2) is 51.7 Å². The maximum atomic E-state index is 12.6. The van der Waals surface area contributed by atoms with Crippen molar-refractivity contribution >= 4 is 23.7 Å². The summed E-state index contributed by atoms with van der Waals surface area (Å²) in [6.07, 6.45) is 1.90. The second-order valence-corrected chi connectivity index (χ2v) is 9.11. The molecule has 3 aromatic rings. The van der Waals surface area contributed by atoms with Gasteiger partial charge in [-0.3, -0.25) is 14.7 Å². The predicted molar refractivity (Wildman–Crippen MR) is 130 cm³/mol. The van der Waals surface area contributed by atoms with Crippen LogP contribution in [-0.2, 0) is 4.79 Å². The predicted octanol–water partition coefficient (Wildman–Crippen LogP) is 3.81. The van der Waals surface area contributed by atoms with Crippen LogP contribution in [0.1, 0.15) is 26.7 Å². The first-order valence-corrected chi connectivity index (χ1v) is 12.0. The van der Waals surface area contributed by atoms with Gasteiger partial charge >= 0.3 is 6.03 Å². The van der Waals surface area contributed by atoms with Crippen molar-refractivity contribution in [3.8, 4) is 28.6 Å². The molecular formula is C24H27N5O4S. The summed E-state index contributed by atoms with van der Waals surface area (Å²) >= 11 is 1.22. The fourth-order valence-corrected chi connectivity index (χ4v) is 4.13. The van der Waals surface area contributed by atoms with Gasteiger partial charge in [0, 0.05) is 17.3 Å². The van der Waals surface area contributed by atoms with Crippen molar-refractivity contribution in [3.63, 3.8) is 0 Å². The molecule has 2 aromatic carbocycles. The van der Waals surface area contributed by atoms with E-state index in [0.717, 1.165) is 29.8 Å². The Balaban J connectivity index is 1.62. The summed E-state index contributed by atoms with van der Waals surface area (Å²) in [5.74, 6) is 1.66. The molecule has 1 unspecified atom stereocenters. The van der Waals surface area contributed by atoms with E-state index in [-0.39, 0.29) is 6.04 Å². The lowest BCUT2D eigenvalue weighted by atomic mass is 10.2. The number of ether oxygens (including phenoxy) is 2. The van der Waals surface area contributed by atoms with E-state index in [1.807, 2.05) is 60.0 Å². The zero-order valence-corrected chi connectivity index (χ0v) is 20.1. The lowest BCUT2D eigenvalue weighted by Gasteiger charge is -2.14. The van der Waals surface area contributed by atoms with Crippen molar-refractivity contribution < 1.29 is 19.1 Å². The van der Waals surface area contributed by atoms with Gasteiger partial charge in [0.05, 0.1) is 19.0 Å². The number of benzene rings is 2. The number of nitrogens with one attached hydrogen (secondary N) is 2. The maximum Gasteiger partial charge on any atom is 0.321 e. The molecule has 1 fully saturated rings. The van der Waals surface area contributed by atoms with E-state index in [4.69, 9.17) is 9.47 Å². The number of carbonyl (C=O) groups excluding carboxylic acids is 2. The highest BCUT2D eigenvalue weighted by atomic mass is 32.2. The molecule has 3 amide bonds. The average molecular weight is 482 g/mol. The zero-order chi connectivity index (χ0) is 24.1. The number of hydrogen-bond acceptors (Lipinski definition) is 7. The van der Waals surface area contributed by atoms with Crippen molar-refractivity contribution in [2.24, 2.45) is 0 Å². The molecule has 1 aromatic heterocycles. The lowest BCUT2D eigenvalue weighted by Crippen LogP contribution is -2.43. The van der Waals surface area contributed by atoms with Gasteiger partial charge in [0.15, 0.2) is 11.0 Å². The van der Waals surface area contributed by atoms with Gasteiger partial charge in [-0.25, -0.2) is 4.79 Å². The van der Waals surface area contributed by atoms with E-state index in [1.54, 1.807) is 14.0 Å². The summed E-state index contributed by atoms with van der Waals surface area (Å²) in [5.41, 5.74) is 1.63. The number of nitrogens with zero attached hydrogens (tertiary/aromatic N) is 3. The van der Waals surface area contributed by atoms with Crippen molar-refractivity contribution in [2.75, 3.05) is 13.7 Å². The molecule has 178 valence electrons. The summed E-state index contributed by atoms with van der Waals surface area (Å²) in [6.45, 7) is 4.23. The molecule has 0 saturated heterocycles. The largest absolute Gasteiger partial charge is 0.497 e. The van der Waals surface area contributed by atoms with Gasteiger partial charge in [-0.2, -0.15) is 0 Å². The number of carbonyl (C=O) groups is 2. The van der Waals surface area contributed by atoms with Crippen LogP contribution in [0, 0.1) is 0 Å². The van der Waals surface area contributed by atoms with E-state index in [2.05, 4.69) is 20.8 Å². The topological polar surface area (TPSA) is 107 Å². The van der Waals surface area contributed by atoms with Gasteiger partial charge in [-0.1, -0.05) is 23.9 Å². The molecule has 1 aliphatic carbocycles. The van der Waals surface area contributed by atoms with Crippen LogP contribution >= 0.6 is 11.8 Å². The van der Waals surface area contributed by atoms with Gasteiger partial charge in [0.2, 0.25) is 5.91 Å². The Labute approximate surface area is 202 Å². The molecular weight excluding hydrogens is 454 g/mol. The fourth-order valence-electron chi connectivity index (χ4n) is 3.26. The van der Waals surface area contributed by atoms with E-state index in [0.29, 0.717) is 23.3 Å². The molecule has 0 bridgehead atoms. The quantitative estimate of drug-likeness (QED) is 0.448. The Morgan fingerprint density at radius 1 is 1.15 bits per heavy atom. The fraction of sp³-hybridized carbons (Fsp3) is 0.333. The number of rotatable bonds is 9. The molecule has 1 saturated carbocycles. The Kier molecular flexibility index (Phi) is 7.36. The number of amides is 3. The van der Waals surface area contributed by atoms with E-state index < -0.39 is 17.2 Å². The molecule has 9 nitrogen and oxygen atoms in total. The molecule has 34 heavy (non-hydrogen) atoms. The third-order valence-corrected chi connectivity index (χ3v) is 6.21. The lowest BCUT2D eigenvalue weighted by molar-refractivity contribution is -0.119. The van der Waals surface area contributed by atoms with Crippen LogP contribution in [0.15, 0.2) is 53.7 Å². The van der Waals surface area contributed by atoms with Crippen molar-refractivity contribution in [1.82, 2.24) is 25.4 Å². The number of imide groups is 1. The highest BCUT2D eigenvalue weighted by Crippen LogP contribution is 2.32. The second kappa shape index (κ2) is 10.6. The molecule has 2 N–H and O–H groups in total. The average Bonchev–Trinajstić information content (AvgIpc) is 3.56. The van der Waals surface area contributed by atoms with Crippen LogP contribution in [0.3, 0.4) is 0 Å². The zero-order valence-electron chi connectivity index (χ0n) is 19.3. The number of thioether (sulfide) groups is 1. The Morgan fingerprint density at radius 3 is 2.59 bits per heavy atom. The third kappa shape index (κ3) is 5.69. The molecule has 4 rings (SSSR count). The van der Waals surface area contributed by atoms with Gasteiger partial charge in [-0.05, 0) is 63.1 Å². The normalized spacial score (nSPS) is 13.7. The minimum Gasteiger partial charge on any atom is -0.497 e. The molecule has 0 spiro atoms. The van der Waals surface area contributed by atoms with E-state index >= 15 is 0 Å². The van der Waals surface area contributed by atoms with Crippen LogP contribution in [0.5, 0.6) is 11.5 Å². The summed E-state index contributed by atoms with van der Waals surface area (Å²) in [4.78, 5) is 24.6. The first-order valence-electron chi connectivity index (χ1n) is 11.1. The standard InChI is InChI=1S/C24H27N5O4S/c1-4-33-19-12-10-18(11-13-19)29-21(16-6-5-7-20(14-16)32-3)27-28-24(29)34-15(2)22(30)26-23(31)25-17-8-9-17/h5-7,10-15,17H,4,8-9H2,1-3H3,(H2,25,26,30,31). The Morgan fingerprint density at radius 2 is 1.91 bits per heavy atom. The molecule has 1 heterocycles. The van der Waals surface area contributed by atoms with Crippen molar-refractivity contribution in [3.05, 3.63) is 48.5 Å². The number of aromatic nitrogens is 3. The summed E-state index contributed by atoms with van der Waals surface area (Å²) in [7, 11) is 1.61. The monoisotopic (exact) mass is 481 g/mol. The van der Waals surface area contributed by atoms with Crippen molar-refractivity contribution in [1.29, 1.82) is 0 Å². The molecule has 1 atom stereocenters. The Hall–Kier alpha value is -3.53. The maximum absolute atomic E-state index is 12.6. The van der Waals surface area contributed by atoms with E-state index in [1.165, 1.54) is 11.8 Å². The first-order chi connectivity index (χ1) is 16.5. The molecule has 1 aliphatic rings. The molecule has 10 heteroatoms. The SMILES string of the molecule is CCOc1ccc(-n2c(SC(C)C(=O)NC(=O)NC3CC3)nnc2-c2cccc(OC)c2)cc1. The van der Waals surface area contributed by atoms with Crippen molar-refractivity contribution in [2.45, 2.75) is 43.1 Å². The van der Waals surface area contributed by atoms with Gasteiger partial charge < -0.3 is 14.8 Å². The first kappa shape index (κ1) is 23.6. The summed E-state index contributed by atoms with van der Waals surface area (Å²) in [5, 5.41) is 13.9.